The molecule has 3 aromatic rings. The van der Waals surface area contributed by atoms with Crippen molar-refractivity contribution in [1.82, 2.24) is 9.97 Å². The second-order valence-corrected chi connectivity index (χ2v) is 6.40. The zero-order chi connectivity index (χ0) is 17.2. The van der Waals surface area contributed by atoms with Gasteiger partial charge in [-0.25, -0.2) is 9.97 Å². The average molecular weight is 353 g/mol. The van der Waals surface area contributed by atoms with E-state index in [1.165, 1.54) is 0 Å². The normalized spacial score (nSPS) is 14.0. The standard InChI is InChI=1S/C19H17ClN4O/c20-17-14-7-2-1-6-13(14)12-16(22-17)19(25)23-15-8-5-9-21-18(15)24-10-3-4-11-24/h1-2,5-9,12H,3-4,10-11H2,(H,23,25). The molecule has 25 heavy (non-hydrogen) atoms. The molecule has 0 saturated carbocycles. The maximum Gasteiger partial charge on any atom is 0.274 e. The van der Waals surface area contributed by atoms with Crippen LogP contribution >= 0.6 is 11.6 Å². The molecule has 4 rings (SSSR count). The lowest BCUT2D eigenvalue weighted by molar-refractivity contribution is 0.102. The molecule has 1 N–H and O–H groups in total. The van der Waals surface area contributed by atoms with Gasteiger partial charge >= 0.3 is 0 Å². The number of halogens is 1. The van der Waals surface area contributed by atoms with Crippen molar-refractivity contribution in [2.75, 3.05) is 23.3 Å². The van der Waals surface area contributed by atoms with E-state index >= 15 is 0 Å². The Kier molecular flexibility index (Phi) is 4.24. The van der Waals surface area contributed by atoms with E-state index in [1.54, 1.807) is 12.3 Å². The first-order chi connectivity index (χ1) is 12.2. The second-order valence-electron chi connectivity index (χ2n) is 6.04. The van der Waals surface area contributed by atoms with Crippen LogP contribution in [0.4, 0.5) is 11.5 Å². The summed E-state index contributed by atoms with van der Waals surface area (Å²) in [5.41, 5.74) is 0.986. The molecule has 1 amide bonds. The van der Waals surface area contributed by atoms with Crippen LogP contribution in [-0.4, -0.2) is 29.0 Å². The molecule has 5 nitrogen and oxygen atoms in total. The molecule has 0 spiro atoms. The number of aromatic nitrogens is 2. The smallest absolute Gasteiger partial charge is 0.274 e. The van der Waals surface area contributed by atoms with Gasteiger partial charge in [0.25, 0.3) is 5.91 Å². The van der Waals surface area contributed by atoms with Gasteiger partial charge in [-0.2, -0.15) is 0 Å². The quantitative estimate of drug-likeness (QED) is 0.720. The van der Waals surface area contributed by atoms with Crippen molar-refractivity contribution in [3.8, 4) is 0 Å². The van der Waals surface area contributed by atoms with Crippen LogP contribution in [0.2, 0.25) is 5.15 Å². The number of anilines is 2. The molecule has 126 valence electrons. The Morgan fingerprint density at radius 3 is 2.76 bits per heavy atom. The lowest BCUT2D eigenvalue weighted by Gasteiger charge is -2.19. The lowest BCUT2D eigenvalue weighted by atomic mass is 10.1. The van der Waals surface area contributed by atoms with Crippen molar-refractivity contribution in [2.45, 2.75) is 12.8 Å². The second kappa shape index (κ2) is 6.69. The van der Waals surface area contributed by atoms with Crippen molar-refractivity contribution in [2.24, 2.45) is 0 Å². The minimum Gasteiger partial charge on any atom is -0.355 e. The Bertz CT molecular complexity index is 938. The average Bonchev–Trinajstić information content (AvgIpc) is 3.16. The van der Waals surface area contributed by atoms with E-state index in [0.717, 1.165) is 42.5 Å². The molecule has 0 unspecified atom stereocenters. The SMILES string of the molecule is O=C(Nc1cccnc1N1CCCC1)c1cc2ccccc2c(Cl)n1. The zero-order valence-electron chi connectivity index (χ0n) is 13.6. The number of nitrogens with zero attached hydrogens (tertiary/aromatic N) is 3. The highest BCUT2D eigenvalue weighted by Crippen LogP contribution is 2.27. The van der Waals surface area contributed by atoms with Crippen molar-refractivity contribution in [1.29, 1.82) is 0 Å². The first-order valence-corrected chi connectivity index (χ1v) is 8.67. The summed E-state index contributed by atoms with van der Waals surface area (Å²) in [5, 5.41) is 4.98. The fourth-order valence-electron chi connectivity index (χ4n) is 3.13. The van der Waals surface area contributed by atoms with Crippen LogP contribution in [0.25, 0.3) is 10.8 Å². The molecule has 2 aromatic heterocycles. The van der Waals surface area contributed by atoms with E-state index in [4.69, 9.17) is 11.6 Å². The number of amides is 1. The third kappa shape index (κ3) is 3.15. The molecular weight excluding hydrogens is 336 g/mol. The van der Waals surface area contributed by atoms with Gasteiger partial charge in [-0.3, -0.25) is 4.79 Å². The number of benzene rings is 1. The maximum atomic E-state index is 12.7. The van der Waals surface area contributed by atoms with Crippen LogP contribution in [0.5, 0.6) is 0 Å². The van der Waals surface area contributed by atoms with Crippen LogP contribution in [0.1, 0.15) is 23.3 Å². The van der Waals surface area contributed by atoms with Crippen molar-refractivity contribution in [3.05, 3.63) is 59.5 Å². The first kappa shape index (κ1) is 15.8. The fourth-order valence-corrected chi connectivity index (χ4v) is 3.40. The molecular formula is C19H17ClN4O. The Balaban J connectivity index is 1.65. The first-order valence-electron chi connectivity index (χ1n) is 8.29. The zero-order valence-corrected chi connectivity index (χ0v) is 14.3. The summed E-state index contributed by atoms with van der Waals surface area (Å²) in [6.45, 7) is 1.92. The van der Waals surface area contributed by atoms with Crippen LogP contribution in [0.15, 0.2) is 48.7 Å². The highest BCUT2D eigenvalue weighted by Gasteiger charge is 2.19. The maximum absolute atomic E-state index is 12.7. The van der Waals surface area contributed by atoms with Crippen molar-refractivity contribution < 1.29 is 4.79 Å². The monoisotopic (exact) mass is 352 g/mol. The summed E-state index contributed by atoms with van der Waals surface area (Å²) in [7, 11) is 0. The summed E-state index contributed by atoms with van der Waals surface area (Å²) in [6, 6.07) is 13.0. The molecule has 1 aromatic carbocycles. The van der Waals surface area contributed by atoms with E-state index in [9.17, 15) is 4.79 Å². The number of pyridine rings is 2. The Hall–Kier alpha value is -2.66. The third-order valence-electron chi connectivity index (χ3n) is 4.37. The summed E-state index contributed by atoms with van der Waals surface area (Å²) < 4.78 is 0. The summed E-state index contributed by atoms with van der Waals surface area (Å²) in [6.07, 6.45) is 4.03. The van der Waals surface area contributed by atoms with Gasteiger partial charge in [0.2, 0.25) is 0 Å². The Labute approximate surface area is 150 Å². The largest absolute Gasteiger partial charge is 0.355 e. The minimum absolute atomic E-state index is 0.291. The van der Waals surface area contributed by atoms with Gasteiger partial charge in [-0.05, 0) is 36.4 Å². The predicted molar refractivity (Wildman–Crippen MR) is 100 cm³/mol. The van der Waals surface area contributed by atoms with E-state index in [1.807, 2.05) is 36.4 Å². The number of hydrogen-bond donors (Lipinski definition) is 1. The summed E-state index contributed by atoms with van der Waals surface area (Å²) in [4.78, 5) is 23.6. The molecule has 1 fully saturated rings. The molecule has 0 radical (unpaired) electrons. The number of hydrogen-bond acceptors (Lipinski definition) is 4. The molecule has 1 saturated heterocycles. The van der Waals surface area contributed by atoms with Crippen LogP contribution in [0, 0.1) is 0 Å². The molecule has 0 atom stereocenters. The van der Waals surface area contributed by atoms with E-state index in [0.29, 0.717) is 16.5 Å². The third-order valence-corrected chi connectivity index (χ3v) is 4.66. The van der Waals surface area contributed by atoms with Crippen LogP contribution < -0.4 is 10.2 Å². The fraction of sp³-hybridized carbons (Fsp3) is 0.211. The number of carbonyl (C=O) groups is 1. The van der Waals surface area contributed by atoms with Gasteiger partial charge in [-0.1, -0.05) is 35.9 Å². The highest BCUT2D eigenvalue weighted by molar-refractivity contribution is 6.34. The van der Waals surface area contributed by atoms with Gasteiger partial charge < -0.3 is 10.2 Å². The molecule has 0 bridgehead atoms. The minimum atomic E-state index is -0.291. The van der Waals surface area contributed by atoms with Crippen LogP contribution in [-0.2, 0) is 0 Å². The number of fused-ring (bicyclic) bond motifs is 1. The van der Waals surface area contributed by atoms with Crippen LogP contribution in [0.3, 0.4) is 0 Å². The van der Waals surface area contributed by atoms with Gasteiger partial charge in [-0.15, -0.1) is 0 Å². The summed E-state index contributed by atoms with van der Waals surface area (Å²) in [5.74, 6) is 0.515. The number of rotatable bonds is 3. The number of carbonyl (C=O) groups excluding carboxylic acids is 1. The topological polar surface area (TPSA) is 58.1 Å². The molecule has 6 heteroatoms. The molecule has 0 aliphatic carbocycles. The van der Waals surface area contributed by atoms with Crippen molar-refractivity contribution >= 4 is 39.8 Å². The summed E-state index contributed by atoms with van der Waals surface area (Å²) >= 11 is 6.23. The Morgan fingerprint density at radius 1 is 1.12 bits per heavy atom. The molecule has 1 aliphatic heterocycles. The number of nitrogens with one attached hydrogen (secondary N) is 1. The van der Waals surface area contributed by atoms with E-state index < -0.39 is 0 Å². The highest BCUT2D eigenvalue weighted by atomic mass is 35.5. The van der Waals surface area contributed by atoms with Gasteiger partial charge in [0.1, 0.15) is 10.8 Å². The molecule has 3 heterocycles. The molecule has 1 aliphatic rings. The van der Waals surface area contributed by atoms with Crippen molar-refractivity contribution in [3.63, 3.8) is 0 Å². The van der Waals surface area contributed by atoms with Gasteiger partial charge in [0, 0.05) is 24.7 Å². The van der Waals surface area contributed by atoms with E-state index in [-0.39, 0.29) is 5.91 Å². The van der Waals surface area contributed by atoms with Gasteiger partial charge in [0.15, 0.2) is 5.82 Å². The lowest BCUT2D eigenvalue weighted by Crippen LogP contribution is -2.22. The predicted octanol–water partition coefficient (Wildman–Crippen LogP) is 4.14. The van der Waals surface area contributed by atoms with E-state index in [2.05, 4.69) is 20.2 Å². The van der Waals surface area contributed by atoms with Gasteiger partial charge in [0.05, 0.1) is 5.69 Å². The Morgan fingerprint density at radius 2 is 1.92 bits per heavy atom.